The minimum Gasteiger partial charge on any atom is -0.264 e. The normalized spacial score (nSPS) is 15.1. The molecule has 2 atom stereocenters. The summed E-state index contributed by atoms with van der Waals surface area (Å²) in [5.41, 5.74) is 11.0. The summed E-state index contributed by atoms with van der Waals surface area (Å²) in [6.45, 7) is 25.2. The Morgan fingerprint density at radius 1 is 0.880 bits per heavy atom. The van der Waals surface area contributed by atoms with E-state index in [0.29, 0.717) is 17.3 Å². The first kappa shape index (κ1) is 35.3. The number of hydrogen-bond acceptors (Lipinski definition) is 4. The number of rotatable bonds is 14. The van der Waals surface area contributed by atoms with Crippen molar-refractivity contribution in [1.82, 2.24) is 19.9 Å². The van der Waals surface area contributed by atoms with E-state index in [1.165, 1.54) is 0 Å². The number of benzene rings is 1. The molecule has 3 aromatic heterocycles. The standard InChI is InChI=1S/C46H44N4/c1-8-10-14-34(5)46-49-44(38(22-21-37-19-17-32(3)18-20-37)25-35(6)36(7)33(4)13-9-2)29-45(50-46)43-27-41(39-15-11-23-47-30-39)26-42(28-43)40-16-12-24-48-31-40/h8-12,14-17,19-33H,1-2,5-7,13,18H2,3-4H3/b14-10-,22-21+,38-25+. The highest BCUT2D eigenvalue weighted by Gasteiger charge is 2.15. The third kappa shape index (κ3) is 9.12. The number of aromatic nitrogens is 4. The van der Waals surface area contributed by atoms with Crippen LogP contribution in [0.1, 0.15) is 38.2 Å². The molecule has 0 spiro atoms. The molecule has 248 valence electrons. The lowest BCUT2D eigenvalue weighted by atomic mass is 9.91. The van der Waals surface area contributed by atoms with Crippen molar-refractivity contribution in [2.75, 3.05) is 0 Å². The molecule has 5 rings (SSSR count). The minimum atomic E-state index is 0.202. The van der Waals surface area contributed by atoms with Gasteiger partial charge in [0.1, 0.15) is 0 Å². The molecule has 4 aromatic rings. The first-order valence-electron chi connectivity index (χ1n) is 16.9. The molecule has 0 radical (unpaired) electrons. The maximum Gasteiger partial charge on any atom is 0.159 e. The summed E-state index contributed by atoms with van der Waals surface area (Å²) >= 11 is 0. The van der Waals surface area contributed by atoms with E-state index in [2.05, 4.69) is 123 Å². The van der Waals surface area contributed by atoms with E-state index in [1.54, 1.807) is 18.5 Å². The van der Waals surface area contributed by atoms with Gasteiger partial charge in [0.15, 0.2) is 5.82 Å². The number of allylic oxidation sites excluding steroid dienone is 15. The highest BCUT2D eigenvalue weighted by Crippen LogP contribution is 2.34. The van der Waals surface area contributed by atoms with Crippen LogP contribution in [0.5, 0.6) is 0 Å². The van der Waals surface area contributed by atoms with Crippen LogP contribution in [0.4, 0.5) is 0 Å². The van der Waals surface area contributed by atoms with Gasteiger partial charge in [0.2, 0.25) is 0 Å². The zero-order valence-corrected chi connectivity index (χ0v) is 29.1. The van der Waals surface area contributed by atoms with Gasteiger partial charge < -0.3 is 0 Å². The number of nitrogens with zero attached hydrogens (tertiary/aromatic N) is 4. The van der Waals surface area contributed by atoms with E-state index >= 15 is 0 Å². The Morgan fingerprint density at radius 3 is 2.14 bits per heavy atom. The van der Waals surface area contributed by atoms with Gasteiger partial charge in [0.25, 0.3) is 0 Å². The third-order valence-electron chi connectivity index (χ3n) is 8.62. The quantitative estimate of drug-likeness (QED) is 0.100. The van der Waals surface area contributed by atoms with Gasteiger partial charge in [-0.1, -0.05) is 107 Å². The van der Waals surface area contributed by atoms with Gasteiger partial charge in [-0.05, 0) is 95.0 Å². The largest absolute Gasteiger partial charge is 0.264 e. The second-order valence-corrected chi connectivity index (χ2v) is 12.5. The fourth-order valence-corrected chi connectivity index (χ4v) is 5.57. The van der Waals surface area contributed by atoms with Crippen molar-refractivity contribution in [2.24, 2.45) is 11.8 Å². The first-order chi connectivity index (χ1) is 24.2. The summed E-state index contributed by atoms with van der Waals surface area (Å²) in [6, 6.07) is 16.5. The molecule has 1 aromatic carbocycles. The molecule has 0 fully saturated rings. The molecule has 1 aliphatic rings. The smallest absolute Gasteiger partial charge is 0.159 e. The molecule has 4 heteroatoms. The van der Waals surface area contributed by atoms with Crippen LogP contribution in [-0.4, -0.2) is 19.9 Å². The summed E-state index contributed by atoms with van der Waals surface area (Å²) in [4.78, 5) is 18.9. The van der Waals surface area contributed by atoms with Crippen molar-refractivity contribution in [1.29, 1.82) is 0 Å². The van der Waals surface area contributed by atoms with Crippen LogP contribution >= 0.6 is 0 Å². The molecule has 0 N–H and O–H groups in total. The van der Waals surface area contributed by atoms with Gasteiger partial charge >= 0.3 is 0 Å². The molecule has 1 aliphatic carbocycles. The van der Waals surface area contributed by atoms with E-state index in [4.69, 9.17) is 9.97 Å². The molecule has 0 saturated carbocycles. The Labute approximate surface area is 297 Å². The lowest BCUT2D eigenvalue weighted by molar-refractivity contribution is 0.710. The van der Waals surface area contributed by atoms with Gasteiger partial charge in [-0.15, -0.1) is 6.58 Å². The summed E-state index contributed by atoms with van der Waals surface area (Å²) in [7, 11) is 0. The lowest BCUT2D eigenvalue weighted by Crippen LogP contribution is -2.02. The van der Waals surface area contributed by atoms with Gasteiger partial charge in [-0.3, -0.25) is 9.97 Å². The van der Waals surface area contributed by atoms with Crippen LogP contribution in [0, 0.1) is 11.8 Å². The van der Waals surface area contributed by atoms with Gasteiger partial charge in [0, 0.05) is 52.6 Å². The third-order valence-corrected chi connectivity index (χ3v) is 8.62. The van der Waals surface area contributed by atoms with Crippen LogP contribution in [0.3, 0.4) is 0 Å². The summed E-state index contributed by atoms with van der Waals surface area (Å²) in [5, 5.41) is 0. The molecule has 50 heavy (non-hydrogen) atoms. The molecular formula is C46H44N4. The summed E-state index contributed by atoms with van der Waals surface area (Å²) in [6.07, 6.45) is 29.5. The van der Waals surface area contributed by atoms with Crippen LogP contribution in [0.25, 0.3) is 44.7 Å². The van der Waals surface area contributed by atoms with E-state index in [-0.39, 0.29) is 5.92 Å². The van der Waals surface area contributed by atoms with Crippen molar-refractivity contribution in [2.45, 2.75) is 26.7 Å². The topological polar surface area (TPSA) is 51.6 Å². The van der Waals surface area contributed by atoms with Crippen molar-refractivity contribution in [3.05, 3.63) is 195 Å². The molecule has 4 nitrogen and oxygen atoms in total. The van der Waals surface area contributed by atoms with E-state index in [0.717, 1.165) is 74.3 Å². The molecule has 3 heterocycles. The van der Waals surface area contributed by atoms with E-state index in [9.17, 15) is 0 Å². The first-order valence-corrected chi connectivity index (χ1v) is 16.9. The van der Waals surface area contributed by atoms with Crippen molar-refractivity contribution in [3.63, 3.8) is 0 Å². The van der Waals surface area contributed by atoms with Crippen LogP contribution in [0.2, 0.25) is 0 Å². The highest BCUT2D eigenvalue weighted by molar-refractivity contribution is 5.83. The average Bonchev–Trinajstić information content (AvgIpc) is 3.16. The monoisotopic (exact) mass is 652 g/mol. The molecule has 0 bridgehead atoms. The highest BCUT2D eigenvalue weighted by atomic mass is 14.9. The predicted octanol–water partition coefficient (Wildman–Crippen LogP) is 11.8. The fourth-order valence-electron chi connectivity index (χ4n) is 5.57. The maximum atomic E-state index is 5.08. The molecule has 0 amide bonds. The van der Waals surface area contributed by atoms with Crippen molar-refractivity contribution < 1.29 is 0 Å². The van der Waals surface area contributed by atoms with Gasteiger partial charge in [-0.2, -0.15) is 0 Å². The van der Waals surface area contributed by atoms with Gasteiger partial charge in [0.05, 0.1) is 11.4 Å². The van der Waals surface area contributed by atoms with E-state index in [1.807, 2.05) is 48.8 Å². The fraction of sp³-hybridized carbons (Fsp3) is 0.130. The Kier molecular flexibility index (Phi) is 11.9. The predicted molar refractivity (Wildman–Crippen MR) is 213 cm³/mol. The Morgan fingerprint density at radius 2 is 1.56 bits per heavy atom. The Balaban J connectivity index is 1.72. The van der Waals surface area contributed by atoms with Crippen LogP contribution in [0.15, 0.2) is 184 Å². The minimum absolute atomic E-state index is 0.202. The number of hydrogen-bond donors (Lipinski definition) is 0. The van der Waals surface area contributed by atoms with Crippen LogP contribution < -0.4 is 0 Å². The molecular weight excluding hydrogens is 609 g/mol. The number of pyridine rings is 2. The average molecular weight is 653 g/mol. The molecule has 2 unspecified atom stereocenters. The molecule has 0 aliphatic heterocycles. The Hall–Kier alpha value is -6.00. The summed E-state index contributed by atoms with van der Waals surface area (Å²) in [5.74, 6) is 1.24. The lowest BCUT2D eigenvalue weighted by Gasteiger charge is -2.16. The molecule has 0 saturated heterocycles. The SMILES string of the molecule is C=C/C=C\C(=C)c1nc(C(/C=C/C2=CCC(C)C=C2)=C/C(=C)C(=C)C(C)CC=C)cc(-c2cc(-c3cccnc3)cc(-c3cccnc3)c2)n1. The van der Waals surface area contributed by atoms with Crippen molar-refractivity contribution >= 4 is 11.1 Å². The maximum absolute atomic E-state index is 5.08. The second kappa shape index (κ2) is 16.9. The van der Waals surface area contributed by atoms with E-state index < -0.39 is 0 Å². The zero-order valence-electron chi connectivity index (χ0n) is 29.1. The van der Waals surface area contributed by atoms with Crippen LogP contribution in [-0.2, 0) is 0 Å². The summed E-state index contributed by atoms with van der Waals surface area (Å²) < 4.78 is 0. The van der Waals surface area contributed by atoms with Gasteiger partial charge in [-0.25, -0.2) is 9.97 Å². The second-order valence-electron chi connectivity index (χ2n) is 12.5. The van der Waals surface area contributed by atoms with Crippen molar-refractivity contribution in [3.8, 4) is 33.5 Å². The Bertz CT molecular complexity index is 2000. The zero-order chi connectivity index (χ0) is 35.5.